The molecule has 0 heterocycles. The van der Waals surface area contributed by atoms with Crippen molar-refractivity contribution < 1.29 is 29.2 Å². The van der Waals surface area contributed by atoms with Crippen LogP contribution in [0, 0.1) is 20.2 Å². The van der Waals surface area contributed by atoms with Gasteiger partial charge in [0.15, 0.2) is 18.1 Å². The fraction of sp³-hybridized carbons (Fsp3) is 0.125. The van der Waals surface area contributed by atoms with Gasteiger partial charge in [0.1, 0.15) is 0 Å². The molecule has 0 saturated heterocycles. The maximum Gasteiger partial charge on any atom is 0.318 e. The van der Waals surface area contributed by atoms with Crippen LogP contribution in [0.5, 0.6) is 17.2 Å². The van der Waals surface area contributed by atoms with Gasteiger partial charge in [-0.1, -0.05) is 15.9 Å². The molecule has 0 saturated carbocycles. The van der Waals surface area contributed by atoms with Gasteiger partial charge in [0.25, 0.3) is 11.6 Å². The fourth-order valence-electron chi connectivity index (χ4n) is 2.14. The number of methoxy groups -OCH3 is 1. The van der Waals surface area contributed by atoms with Crippen LogP contribution in [-0.4, -0.2) is 40.8 Å². The lowest BCUT2D eigenvalue weighted by Gasteiger charge is -2.12. The molecule has 2 aromatic rings. The number of carbonyl (C=O) groups is 1. The Morgan fingerprint density at radius 1 is 1.23 bits per heavy atom. The Morgan fingerprint density at radius 3 is 2.53 bits per heavy atom. The summed E-state index contributed by atoms with van der Waals surface area (Å²) in [4.78, 5) is 31.9. The Kier molecular flexibility index (Phi) is 7.66. The molecule has 1 amide bonds. The second-order valence-corrected chi connectivity index (χ2v) is 7.19. The van der Waals surface area contributed by atoms with Crippen LogP contribution in [0.15, 0.2) is 38.3 Å². The molecule has 0 radical (unpaired) electrons. The molecule has 30 heavy (non-hydrogen) atoms. The normalized spacial score (nSPS) is 10.6. The summed E-state index contributed by atoms with van der Waals surface area (Å²) in [5.74, 6) is -0.904. The van der Waals surface area contributed by atoms with Crippen LogP contribution in [0.1, 0.15) is 5.56 Å². The summed E-state index contributed by atoms with van der Waals surface area (Å²) in [6.45, 7) is -0.463. The number of amides is 1. The Bertz CT molecular complexity index is 1040. The highest BCUT2D eigenvalue weighted by atomic mass is 79.9. The Labute approximate surface area is 185 Å². The zero-order valence-electron chi connectivity index (χ0n) is 15.0. The number of phenols is 1. The molecule has 0 fully saturated rings. The van der Waals surface area contributed by atoms with Crippen molar-refractivity contribution in [2.45, 2.75) is 0 Å². The number of hydrazone groups is 1. The summed E-state index contributed by atoms with van der Waals surface area (Å²) in [6.07, 6.45) is 0.837. The second-order valence-electron chi connectivity index (χ2n) is 5.42. The second kappa shape index (κ2) is 9.98. The van der Waals surface area contributed by atoms with Gasteiger partial charge in [0.2, 0.25) is 5.75 Å². The van der Waals surface area contributed by atoms with Crippen LogP contribution in [0.4, 0.5) is 11.4 Å². The number of carbonyl (C=O) groups excluding carboxylic acids is 1. The predicted molar refractivity (Wildman–Crippen MR) is 111 cm³/mol. The van der Waals surface area contributed by atoms with E-state index in [-0.39, 0.29) is 11.3 Å². The number of rotatable bonds is 8. The van der Waals surface area contributed by atoms with Gasteiger partial charge in [0.05, 0.1) is 39.3 Å². The lowest BCUT2D eigenvalue weighted by Crippen LogP contribution is -2.24. The highest BCUT2D eigenvalue weighted by molar-refractivity contribution is 9.11. The van der Waals surface area contributed by atoms with Crippen molar-refractivity contribution in [1.82, 2.24) is 5.43 Å². The number of nitro groups is 2. The van der Waals surface area contributed by atoms with E-state index in [0.29, 0.717) is 16.3 Å². The van der Waals surface area contributed by atoms with E-state index in [2.05, 4.69) is 42.4 Å². The zero-order chi connectivity index (χ0) is 22.4. The third kappa shape index (κ3) is 5.64. The highest BCUT2D eigenvalue weighted by Gasteiger charge is 2.23. The maximum absolute atomic E-state index is 11.9. The van der Waals surface area contributed by atoms with Gasteiger partial charge in [-0.15, -0.1) is 0 Å². The largest absolute Gasteiger partial charge is 0.502 e. The molecular weight excluding hydrogens is 536 g/mol. The molecule has 0 spiro atoms. The number of phenolic OH excluding ortho intramolecular Hbond substituents is 1. The Morgan fingerprint density at radius 2 is 1.93 bits per heavy atom. The van der Waals surface area contributed by atoms with Gasteiger partial charge >= 0.3 is 5.69 Å². The van der Waals surface area contributed by atoms with E-state index in [0.717, 1.165) is 16.8 Å². The molecule has 0 aliphatic carbocycles. The van der Waals surface area contributed by atoms with Crippen molar-refractivity contribution in [3.05, 3.63) is 59.0 Å². The number of nitro benzene ring substituents is 2. The molecule has 0 bridgehead atoms. The minimum absolute atomic E-state index is 0.270. The summed E-state index contributed by atoms with van der Waals surface area (Å²) in [6, 6.07) is 4.81. The van der Waals surface area contributed by atoms with Gasteiger partial charge < -0.3 is 14.6 Å². The minimum atomic E-state index is -0.977. The number of hydrogen-bond acceptors (Lipinski definition) is 9. The van der Waals surface area contributed by atoms with Crippen molar-refractivity contribution in [1.29, 1.82) is 0 Å². The Hall–Kier alpha value is -3.26. The van der Waals surface area contributed by atoms with Gasteiger partial charge in [-0.2, -0.15) is 5.10 Å². The first-order chi connectivity index (χ1) is 14.1. The van der Waals surface area contributed by atoms with Crippen LogP contribution in [0.2, 0.25) is 0 Å². The van der Waals surface area contributed by atoms with Crippen molar-refractivity contribution in [3.8, 4) is 17.2 Å². The average Bonchev–Trinajstić information content (AvgIpc) is 2.67. The third-order valence-electron chi connectivity index (χ3n) is 3.45. The van der Waals surface area contributed by atoms with Crippen molar-refractivity contribution in [2.75, 3.05) is 13.7 Å². The van der Waals surface area contributed by atoms with Crippen molar-refractivity contribution in [3.63, 3.8) is 0 Å². The van der Waals surface area contributed by atoms with Crippen LogP contribution in [0.25, 0.3) is 0 Å². The van der Waals surface area contributed by atoms with E-state index < -0.39 is 39.5 Å². The first-order valence-electron chi connectivity index (χ1n) is 7.77. The molecule has 0 aliphatic rings. The van der Waals surface area contributed by atoms with E-state index in [1.54, 1.807) is 12.1 Å². The predicted octanol–water partition coefficient (Wildman–Crippen LogP) is 3.27. The third-order valence-corrected chi connectivity index (χ3v) is 4.49. The van der Waals surface area contributed by atoms with Crippen LogP contribution >= 0.6 is 31.9 Å². The summed E-state index contributed by atoms with van der Waals surface area (Å²) in [5, 5.41) is 35.2. The average molecular weight is 548 g/mol. The molecular formula is C16H12Br2N4O8. The number of hydrogen-bond donors (Lipinski definition) is 2. The first kappa shape index (κ1) is 23.0. The first-order valence-corrected chi connectivity index (χ1v) is 9.36. The standard InChI is InChI=1S/C16H12Br2N4O8/c1-29-13-4-9(17)3-11(18)16(13)30-7-14(23)20-19-6-8-2-10(21(25)26)5-12(15(8)24)22(27)28/h2-6,24H,7H2,1H3,(H,20,23). The van der Waals surface area contributed by atoms with E-state index in [4.69, 9.17) is 9.47 Å². The minimum Gasteiger partial charge on any atom is -0.502 e. The summed E-state index contributed by atoms with van der Waals surface area (Å²) < 4.78 is 11.8. The van der Waals surface area contributed by atoms with Crippen LogP contribution in [-0.2, 0) is 4.79 Å². The van der Waals surface area contributed by atoms with E-state index in [9.17, 15) is 30.1 Å². The molecule has 0 aliphatic heterocycles. The van der Waals surface area contributed by atoms with Crippen LogP contribution in [0.3, 0.4) is 0 Å². The number of non-ortho nitro benzene ring substituents is 1. The molecule has 0 unspecified atom stereocenters. The number of nitrogens with zero attached hydrogens (tertiary/aromatic N) is 3. The van der Waals surface area contributed by atoms with E-state index in [1.165, 1.54) is 7.11 Å². The lowest BCUT2D eigenvalue weighted by atomic mass is 10.1. The van der Waals surface area contributed by atoms with Gasteiger partial charge in [0, 0.05) is 10.5 Å². The number of aromatic hydroxyl groups is 1. The molecule has 158 valence electrons. The summed E-state index contributed by atoms with van der Waals surface area (Å²) in [7, 11) is 1.43. The molecule has 2 rings (SSSR count). The highest BCUT2D eigenvalue weighted by Crippen LogP contribution is 2.38. The molecule has 0 aromatic heterocycles. The zero-order valence-corrected chi connectivity index (χ0v) is 18.2. The Balaban J connectivity index is 2.10. The lowest BCUT2D eigenvalue weighted by molar-refractivity contribution is -0.394. The topological polar surface area (TPSA) is 166 Å². The summed E-state index contributed by atoms with van der Waals surface area (Å²) in [5.41, 5.74) is 0.269. The quantitative estimate of drug-likeness (QED) is 0.288. The number of ether oxygens (including phenoxy) is 2. The van der Waals surface area contributed by atoms with Crippen molar-refractivity contribution >= 4 is 55.4 Å². The molecule has 12 nitrogen and oxygen atoms in total. The van der Waals surface area contributed by atoms with E-state index in [1.807, 2.05) is 0 Å². The maximum atomic E-state index is 11.9. The van der Waals surface area contributed by atoms with Gasteiger partial charge in [-0.25, -0.2) is 5.43 Å². The van der Waals surface area contributed by atoms with Crippen LogP contribution < -0.4 is 14.9 Å². The number of halogens is 2. The molecule has 14 heteroatoms. The molecule has 2 aromatic carbocycles. The monoisotopic (exact) mass is 546 g/mol. The molecule has 0 atom stereocenters. The smallest absolute Gasteiger partial charge is 0.318 e. The van der Waals surface area contributed by atoms with Gasteiger partial charge in [-0.05, 0) is 28.1 Å². The number of nitrogens with one attached hydrogen (secondary N) is 1. The van der Waals surface area contributed by atoms with Crippen molar-refractivity contribution in [2.24, 2.45) is 5.10 Å². The summed E-state index contributed by atoms with van der Waals surface area (Å²) >= 11 is 6.57. The number of benzene rings is 2. The SMILES string of the molecule is COc1cc(Br)cc(Br)c1OCC(=O)NN=Cc1cc([N+](=O)[O-])cc([N+](=O)[O-])c1O. The molecule has 2 N–H and O–H groups in total. The fourth-order valence-corrected chi connectivity index (χ4v) is 3.44. The van der Waals surface area contributed by atoms with Gasteiger partial charge in [-0.3, -0.25) is 25.0 Å². The van der Waals surface area contributed by atoms with E-state index >= 15 is 0 Å².